The molecule has 0 amide bonds. The second-order valence-corrected chi connectivity index (χ2v) is 7.56. The van der Waals surface area contributed by atoms with E-state index in [1.807, 2.05) is 6.07 Å². The van der Waals surface area contributed by atoms with Crippen LogP contribution in [0.25, 0.3) is 0 Å². The fourth-order valence-corrected chi connectivity index (χ4v) is 5.61. The third-order valence-corrected chi connectivity index (χ3v) is 6.45. The van der Waals surface area contributed by atoms with Gasteiger partial charge in [0.25, 0.3) is 0 Å². The van der Waals surface area contributed by atoms with Gasteiger partial charge in [0, 0.05) is 5.92 Å². The average molecular weight is 310 g/mol. The Morgan fingerprint density at radius 3 is 2.13 bits per heavy atom. The zero-order valence-electron chi connectivity index (χ0n) is 13.7. The van der Waals surface area contributed by atoms with Crippen molar-refractivity contribution in [1.29, 1.82) is 0 Å². The summed E-state index contributed by atoms with van der Waals surface area (Å²) in [6.45, 7) is 0. The van der Waals surface area contributed by atoms with Gasteiger partial charge in [0.15, 0.2) is 0 Å². The Morgan fingerprint density at radius 1 is 0.870 bits per heavy atom. The minimum atomic E-state index is -0.576. The SMILES string of the molecule is O=C(O)[C@@H]1[C@@H](c2ccccc2)[C@H]2CCCCC2=C2CCCC[C@@H]21. The number of rotatable bonds is 2. The van der Waals surface area contributed by atoms with Crippen LogP contribution in [0, 0.1) is 17.8 Å². The number of carboxylic acids is 1. The molecule has 2 saturated carbocycles. The molecule has 0 unspecified atom stereocenters. The largest absolute Gasteiger partial charge is 0.481 e. The van der Waals surface area contributed by atoms with E-state index < -0.39 is 5.97 Å². The van der Waals surface area contributed by atoms with Gasteiger partial charge < -0.3 is 5.11 Å². The Hall–Kier alpha value is -1.57. The second-order valence-electron chi connectivity index (χ2n) is 7.56. The average Bonchev–Trinajstić information content (AvgIpc) is 2.61. The topological polar surface area (TPSA) is 37.3 Å². The molecule has 0 spiro atoms. The smallest absolute Gasteiger partial charge is 0.307 e. The van der Waals surface area contributed by atoms with Crippen molar-refractivity contribution in [3.8, 4) is 0 Å². The Morgan fingerprint density at radius 2 is 1.48 bits per heavy atom. The third kappa shape index (κ3) is 2.52. The van der Waals surface area contributed by atoms with Crippen molar-refractivity contribution < 1.29 is 9.90 Å². The standard InChI is InChI=1S/C21H26O2/c22-21(23)20-18-13-7-5-11-16(18)15-10-4-6-12-17(15)19(20)14-8-2-1-3-9-14/h1-3,8-9,17-20H,4-7,10-13H2,(H,22,23)/t17-,18-,19-,20-/m0/s1. The van der Waals surface area contributed by atoms with E-state index in [9.17, 15) is 9.90 Å². The van der Waals surface area contributed by atoms with Crippen molar-refractivity contribution in [1.82, 2.24) is 0 Å². The molecule has 1 aromatic carbocycles. The molecule has 2 nitrogen and oxygen atoms in total. The Kier molecular flexibility index (Phi) is 4.00. The normalized spacial score (nSPS) is 33.7. The highest BCUT2D eigenvalue weighted by molar-refractivity contribution is 5.73. The van der Waals surface area contributed by atoms with E-state index in [0.29, 0.717) is 5.92 Å². The summed E-state index contributed by atoms with van der Waals surface area (Å²) >= 11 is 0. The number of allylic oxidation sites excluding steroid dienone is 2. The van der Waals surface area contributed by atoms with E-state index in [1.165, 1.54) is 44.1 Å². The summed E-state index contributed by atoms with van der Waals surface area (Å²) in [6, 6.07) is 10.5. The van der Waals surface area contributed by atoms with Crippen molar-refractivity contribution in [2.45, 2.75) is 57.3 Å². The Bertz CT molecular complexity index is 616. The molecule has 4 atom stereocenters. The fraction of sp³-hybridized carbons (Fsp3) is 0.571. The molecule has 0 radical (unpaired) electrons. The van der Waals surface area contributed by atoms with Crippen molar-refractivity contribution in [2.75, 3.05) is 0 Å². The van der Waals surface area contributed by atoms with E-state index in [4.69, 9.17) is 0 Å². The van der Waals surface area contributed by atoms with Gasteiger partial charge in [-0.25, -0.2) is 0 Å². The van der Waals surface area contributed by atoms with Crippen LogP contribution in [0.1, 0.15) is 62.8 Å². The number of benzene rings is 1. The predicted molar refractivity (Wildman–Crippen MR) is 91.3 cm³/mol. The summed E-state index contributed by atoms with van der Waals surface area (Å²) in [7, 11) is 0. The number of hydrogen-bond acceptors (Lipinski definition) is 1. The maximum absolute atomic E-state index is 12.2. The lowest BCUT2D eigenvalue weighted by molar-refractivity contribution is -0.145. The van der Waals surface area contributed by atoms with Crippen LogP contribution >= 0.6 is 0 Å². The Labute approximate surface area is 138 Å². The van der Waals surface area contributed by atoms with Crippen LogP contribution < -0.4 is 0 Å². The summed E-state index contributed by atoms with van der Waals surface area (Å²) in [5, 5.41) is 10.1. The number of aliphatic carboxylic acids is 1. The molecule has 0 aliphatic heterocycles. The molecule has 23 heavy (non-hydrogen) atoms. The van der Waals surface area contributed by atoms with E-state index in [-0.39, 0.29) is 17.8 Å². The molecule has 1 N–H and O–H groups in total. The third-order valence-electron chi connectivity index (χ3n) is 6.45. The van der Waals surface area contributed by atoms with Crippen LogP contribution in [0.2, 0.25) is 0 Å². The van der Waals surface area contributed by atoms with Gasteiger partial charge >= 0.3 is 5.97 Å². The molecule has 3 aliphatic carbocycles. The molecule has 2 fully saturated rings. The first-order valence-electron chi connectivity index (χ1n) is 9.27. The zero-order chi connectivity index (χ0) is 15.8. The highest BCUT2D eigenvalue weighted by atomic mass is 16.4. The lowest BCUT2D eigenvalue weighted by atomic mass is 9.56. The minimum absolute atomic E-state index is 0.177. The molecule has 0 saturated heterocycles. The van der Waals surface area contributed by atoms with Gasteiger partial charge in [-0.15, -0.1) is 0 Å². The van der Waals surface area contributed by atoms with E-state index in [0.717, 1.165) is 12.8 Å². The van der Waals surface area contributed by atoms with Gasteiger partial charge in [-0.1, -0.05) is 54.3 Å². The summed E-state index contributed by atoms with van der Waals surface area (Å²) in [6.07, 6.45) is 9.61. The molecule has 0 bridgehead atoms. The number of fused-ring (bicyclic) bond motifs is 2. The van der Waals surface area contributed by atoms with Crippen LogP contribution in [-0.4, -0.2) is 11.1 Å². The summed E-state index contributed by atoms with van der Waals surface area (Å²) in [5.41, 5.74) is 4.46. The first-order valence-corrected chi connectivity index (χ1v) is 9.27. The van der Waals surface area contributed by atoms with Crippen molar-refractivity contribution in [3.05, 3.63) is 47.0 Å². The molecule has 0 heterocycles. The van der Waals surface area contributed by atoms with Crippen molar-refractivity contribution in [2.24, 2.45) is 17.8 Å². The van der Waals surface area contributed by atoms with Gasteiger partial charge in [-0.05, 0) is 55.9 Å². The fourth-order valence-electron chi connectivity index (χ4n) is 5.61. The van der Waals surface area contributed by atoms with Crippen LogP contribution in [0.4, 0.5) is 0 Å². The summed E-state index contributed by atoms with van der Waals surface area (Å²) in [4.78, 5) is 12.2. The number of carbonyl (C=O) groups is 1. The highest BCUT2D eigenvalue weighted by Gasteiger charge is 2.48. The van der Waals surface area contributed by atoms with Gasteiger partial charge in [0.2, 0.25) is 0 Å². The van der Waals surface area contributed by atoms with Crippen molar-refractivity contribution in [3.63, 3.8) is 0 Å². The molecule has 1 aromatic rings. The van der Waals surface area contributed by atoms with Gasteiger partial charge in [0.05, 0.1) is 5.92 Å². The monoisotopic (exact) mass is 310 g/mol. The summed E-state index contributed by atoms with van der Waals surface area (Å²) in [5.74, 6) is 0.135. The number of carboxylic acid groups (broad SMARTS) is 1. The highest BCUT2D eigenvalue weighted by Crippen LogP contribution is 2.56. The van der Waals surface area contributed by atoms with Crippen LogP contribution in [-0.2, 0) is 4.79 Å². The lowest BCUT2D eigenvalue weighted by Crippen LogP contribution is -2.42. The first-order chi connectivity index (χ1) is 11.3. The number of hydrogen-bond donors (Lipinski definition) is 1. The molecule has 2 heteroatoms. The molecule has 4 rings (SSSR count). The molecule has 3 aliphatic rings. The Balaban J connectivity index is 1.85. The van der Waals surface area contributed by atoms with Crippen LogP contribution in [0.15, 0.2) is 41.5 Å². The maximum atomic E-state index is 12.2. The van der Waals surface area contributed by atoms with Crippen LogP contribution in [0.3, 0.4) is 0 Å². The second kappa shape index (κ2) is 6.14. The molecular formula is C21H26O2. The quantitative estimate of drug-likeness (QED) is 0.766. The minimum Gasteiger partial charge on any atom is -0.481 e. The first kappa shape index (κ1) is 15.0. The van der Waals surface area contributed by atoms with E-state index in [1.54, 1.807) is 11.1 Å². The summed E-state index contributed by atoms with van der Waals surface area (Å²) < 4.78 is 0. The van der Waals surface area contributed by atoms with Crippen LogP contribution in [0.5, 0.6) is 0 Å². The zero-order valence-corrected chi connectivity index (χ0v) is 13.7. The van der Waals surface area contributed by atoms with E-state index in [2.05, 4.69) is 24.3 Å². The lowest BCUT2D eigenvalue weighted by Gasteiger charge is -2.48. The van der Waals surface area contributed by atoms with Gasteiger partial charge in [-0.3, -0.25) is 4.79 Å². The molecule has 122 valence electrons. The maximum Gasteiger partial charge on any atom is 0.307 e. The van der Waals surface area contributed by atoms with Gasteiger partial charge in [0.1, 0.15) is 0 Å². The molecular weight excluding hydrogens is 284 g/mol. The van der Waals surface area contributed by atoms with E-state index >= 15 is 0 Å². The molecule has 0 aromatic heterocycles. The predicted octanol–water partition coefficient (Wildman–Crippen LogP) is 5.16. The van der Waals surface area contributed by atoms with Crippen molar-refractivity contribution >= 4 is 5.97 Å². The van der Waals surface area contributed by atoms with Gasteiger partial charge in [-0.2, -0.15) is 0 Å².